The Labute approximate surface area is 112 Å². The summed E-state index contributed by atoms with van der Waals surface area (Å²) in [7, 11) is 0. The first-order valence-corrected chi connectivity index (χ1v) is 5.69. The second-order valence-electron chi connectivity index (χ2n) is 3.49. The third-order valence-electron chi connectivity index (χ3n) is 2.50. The number of hydrogen-bond donors (Lipinski definition) is 2. The maximum Gasteiger partial charge on any atom is 0.306 e. The number of nitriles is 1. The lowest BCUT2D eigenvalue weighted by molar-refractivity contribution is -0.141. The molecule has 0 fully saturated rings. The van der Waals surface area contributed by atoms with Crippen molar-refractivity contribution in [1.29, 1.82) is 5.26 Å². The lowest BCUT2D eigenvalue weighted by atomic mass is 10.1. The molecule has 0 atom stereocenters. The van der Waals surface area contributed by atoms with Gasteiger partial charge in [-0.3, -0.25) is 4.79 Å². The molecule has 0 spiro atoms. The minimum absolute atomic E-state index is 0. The van der Waals surface area contributed by atoms with Gasteiger partial charge in [-0.25, -0.2) is 0 Å². The molecule has 5 heteroatoms. The van der Waals surface area contributed by atoms with Crippen LogP contribution in [0.1, 0.15) is 60.8 Å². The molecular formula is C13H32N2O3. The number of rotatable bonds is 5. The molecule has 0 saturated heterocycles. The second kappa shape index (κ2) is 21.2. The summed E-state index contributed by atoms with van der Waals surface area (Å²) in [4.78, 5) is 10.2. The first-order chi connectivity index (χ1) is 7.06. The summed E-state index contributed by atoms with van der Waals surface area (Å²) >= 11 is 0. The first-order valence-electron chi connectivity index (χ1n) is 5.69. The standard InChI is InChI=1S/C6H11N.C6H12O2.CH4.H3N.H2O/c1-3-6(4-2)5-7;1-3-5(4-2)6(7)8;;;/h6H,3-4H2,1-2H3;5H,3-4H2,1-2H3,(H,7,8);1H4;1H3;1H2. The van der Waals surface area contributed by atoms with Gasteiger partial charge < -0.3 is 16.7 Å². The molecule has 0 saturated carbocycles. The predicted octanol–water partition coefficient (Wildman–Crippen LogP) is 3.43. The zero-order chi connectivity index (χ0) is 12.3. The normalized spacial score (nSPS) is 7.83. The highest BCUT2D eigenvalue weighted by atomic mass is 16.4. The van der Waals surface area contributed by atoms with Crippen molar-refractivity contribution in [3.63, 3.8) is 0 Å². The average Bonchev–Trinajstić information content (AvgIpc) is 2.22. The van der Waals surface area contributed by atoms with Gasteiger partial charge >= 0.3 is 5.97 Å². The fraction of sp³-hybridized carbons (Fsp3) is 0.846. The minimum atomic E-state index is -0.671. The van der Waals surface area contributed by atoms with Crippen molar-refractivity contribution < 1.29 is 15.4 Å². The van der Waals surface area contributed by atoms with Gasteiger partial charge in [0.2, 0.25) is 0 Å². The summed E-state index contributed by atoms with van der Waals surface area (Å²) in [6.07, 6.45) is 3.47. The Morgan fingerprint density at radius 1 is 1.11 bits per heavy atom. The van der Waals surface area contributed by atoms with E-state index >= 15 is 0 Å². The molecule has 18 heavy (non-hydrogen) atoms. The Morgan fingerprint density at radius 3 is 1.44 bits per heavy atom. The molecule has 0 rings (SSSR count). The van der Waals surface area contributed by atoms with Crippen LogP contribution in [0.25, 0.3) is 0 Å². The van der Waals surface area contributed by atoms with Gasteiger partial charge in [-0.1, -0.05) is 35.1 Å². The highest BCUT2D eigenvalue weighted by Crippen LogP contribution is 2.05. The Kier molecular flexibility index (Phi) is 35.5. The zero-order valence-corrected chi connectivity index (χ0v) is 11.5. The van der Waals surface area contributed by atoms with Gasteiger partial charge in [0.1, 0.15) is 0 Å². The van der Waals surface area contributed by atoms with E-state index in [1.807, 2.05) is 27.7 Å². The maximum atomic E-state index is 10.2. The van der Waals surface area contributed by atoms with E-state index in [1.54, 1.807) is 0 Å². The van der Waals surface area contributed by atoms with E-state index in [0.29, 0.717) is 5.92 Å². The molecule has 0 unspecified atom stereocenters. The van der Waals surface area contributed by atoms with E-state index in [1.165, 1.54) is 0 Å². The summed E-state index contributed by atoms with van der Waals surface area (Å²) in [5.41, 5.74) is 0. The predicted molar refractivity (Wildman–Crippen MR) is 76.8 cm³/mol. The van der Waals surface area contributed by atoms with E-state index in [0.717, 1.165) is 25.7 Å². The summed E-state index contributed by atoms with van der Waals surface area (Å²) in [6, 6.07) is 2.20. The van der Waals surface area contributed by atoms with Crippen molar-refractivity contribution in [2.75, 3.05) is 0 Å². The van der Waals surface area contributed by atoms with Crippen LogP contribution in [0.15, 0.2) is 0 Å². The summed E-state index contributed by atoms with van der Waals surface area (Å²) in [5.74, 6) is -0.509. The highest BCUT2D eigenvalue weighted by molar-refractivity contribution is 5.69. The molecule has 0 aromatic rings. The van der Waals surface area contributed by atoms with Crippen LogP contribution in [0.4, 0.5) is 0 Å². The number of carbonyl (C=O) groups is 1. The van der Waals surface area contributed by atoms with Gasteiger partial charge in [-0.2, -0.15) is 5.26 Å². The van der Waals surface area contributed by atoms with Crippen LogP contribution >= 0.6 is 0 Å². The van der Waals surface area contributed by atoms with Crippen LogP contribution in [0.3, 0.4) is 0 Å². The molecule has 0 aliphatic carbocycles. The maximum absolute atomic E-state index is 10.2. The second-order valence-corrected chi connectivity index (χ2v) is 3.49. The fourth-order valence-electron chi connectivity index (χ4n) is 1.11. The van der Waals surface area contributed by atoms with Crippen LogP contribution in [0.5, 0.6) is 0 Å². The van der Waals surface area contributed by atoms with Crippen LogP contribution in [0.2, 0.25) is 0 Å². The van der Waals surface area contributed by atoms with Gasteiger partial charge in [-0.05, 0) is 25.7 Å². The van der Waals surface area contributed by atoms with Crippen LogP contribution < -0.4 is 6.15 Å². The Hall–Kier alpha value is -1.12. The number of carboxylic acid groups (broad SMARTS) is 1. The zero-order valence-electron chi connectivity index (χ0n) is 11.5. The molecule has 6 N–H and O–H groups in total. The molecule has 5 nitrogen and oxygen atoms in total. The van der Waals surface area contributed by atoms with Crippen molar-refractivity contribution in [1.82, 2.24) is 6.15 Å². The molecular weight excluding hydrogens is 232 g/mol. The van der Waals surface area contributed by atoms with E-state index in [4.69, 9.17) is 10.4 Å². The number of hydrogen-bond acceptors (Lipinski definition) is 3. The van der Waals surface area contributed by atoms with Crippen LogP contribution in [-0.2, 0) is 4.79 Å². The average molecular weight is 264 g/mol. The first kappa shape index (κ1) is 30.2. The van der Waals surface area contributed by atoms with Crippen molar-refractivity contribution in [3.8, 4) is 6.07 Å². The summed E-state index contributed by atoms with van der Waals surface area (Å²) < 4.78 is 0. The van der Waals surface area contributed by atoms with Gasteiger partial charge in [-0.15, -0.1) is 0 Å². The van der Waals surface area contributed by atoms with Crippen molar-refractivity contribution in [3.05, 3.63) is 0 Å². The molecule has 0 aromatic carbocycles. The number of carboxylic acids is 1. The lowest BCUT2D eigenvalue weighted by Crippen LogP contribution is -2.10. The van der Waals surface area contributed by atoms with Gasteiger partial charge in [0, 0.05) is 5.92 Å². The lowest BCUT2D eigenvalue weighted by Gasteiger charge is -2.02. The van der Waals surface area contributed by atoms with Crippen molar-refractivity contribution in [2.45, 2.75) is 60.8 Å². The molecule has 0 aromatic heterocycles. The molecule has 0 aliphatic heterocycles. The molecule has 0 radical (unpaired) electrons. The minimum Gasteiger partial charge on any atom is -0.481 e. The fourth-order valence-corrected chi connectivity index (χ4v) is 1.11. The third kappa shape index (κ3) is 17.3. The Morgan fingerprint density at radius 2 is 1.44 bits per heavy atom. The third-order valence-corrected chi connectivity index (χ3v) is 2.50. The summed E-state index contributed by atoms with van der Waals surface area (Å²) in [6.45, 7) is 7.86. The van der Waals surface area contributed by atoms with Crippen molar-refractivity contribution >= 4 is 5.97 Å². The van der Waals surface area contributed by atoms with Crippen molar-refractivity contribution in [2.24, 2.45) is 11.8 Å². The summed E-state index contributed by atoms with van der Waals surface area (Å²) in [5, 5.41) is 16.6. The smallest absolute Gasteiger partial charge is 0.306 e. The number of aliphatic carboxylic acids is 1. The monoisotopic (exact) mass is 264 g/mol. The Balaban J connectivity index is -0.0000000540. The topological polar surface area (TPSA) is 128 Å². The quantitative estimate of drug-likeness (QED) is 0.788. The molecule has 0 heterocycles. The van der Waals surface area contributed by atoms with Gasteiger partial charge in [0.15, 0.2) is 0 Å². The van der Waals surface area contributed by atoms with Crippen LogP contribution in [-0.4, -0.2) is 16.6 Å². The van der Waals surface area contributed by atoms with E-state index < -0.39 is 5.97 Å². The Bertz CT molecular complexity index is 195. The van der Waals surface area contributed by atoms with E-state index in [9.17, 15) is 4.79 Å². The molecule has 112 valence electrons. The molecule has 0 amide bonds. The van der Waals surface area contributed by atoms with Gasteiger partial charge in [0.05, 0.1) is 12.0 Å². The SMILES string of the molecule is C.CCC(C#N)CC.CCC(CC)C(=O)O.N.O. The van der Waals surface area contributed by atoms with E-state index in [-0.39, 0.29) is 25.0 Å². The highest BCUT2D eigenvalue weighted by Gasteiger charge is 2.10. The molecule has 0 aliphatic rings. The molecule has 0 bridgehead atoms. The number of nitrogens with zero attached hydrogens (tertiary/aromatic N) is 1. The largest absolute Gasteiger partial charge is 0.481 e. The van der Waals surface area contributed by atoms with Crippen LogP contribution in [0, 0.1) is 23.2 Å². The van der Waals surface area contributed by atoms with E-state index in [2.05, 4.69) is 6.07 Å². The van der Waals surface area contributed by atoms with Gasteiger partial charge in [0.25, 0.3) is 0 Å².